The number of amides is 1. The van der Waals surface area contributed by atoms with E-state index in [9.17, 15) is 9.59 Å². The Hall–Kier alpha value is -2.60. The molecule has 0 bridgehead atoms. The lowest BCUT2D eigenvalue weighted by molar-refractivity contribution is 0.0608. The Morgan fingerprint density at radius 3 is 2.79 bits per heavy atom. The number of Topliss-reactive ketones (excluding diaryl/α,β-unsaturated/α-hetero) is 1. The number of aryl methyl sites for hydroxylation is 3. The first-order chi connectivity index (χ1) is 13.4. The molecule has 146 valence electrons. The van der Waals surface area contributed by atoms with Crippen LogP contribution in [0.1, 0.15) is 45.1 Å². The molecule has 0 spiro atoms. The van der Waals surface area contributed by atoms with Crippen molar-refractivity contribution in [1.82, 2.24) is 14.5 Å². The van der Waals surface area contributed by atoms with Crippen molar-refractivity contribution < 1.29 is 14.0 Å². The molecule has 1 fully saturated rings. The van der Waals surface area contributed by atoms with Crippen LogP contribution < -0.4 is 0 Å². The Morgan fingerprint density at radius 2 is 2.07 bits per heavy atom. The molecule has 3 aromatic rings. The Morgan fingerprint density at radius 1 is 1.29 bits per heavy atom. The number of furan rings is 1. The van der Waals surface area contributed by atoms with Gasteiger partial charge in [-0.15, -0.1) is 0 Å². The molecule has 1 aromatic carbocycles. The molecular weight excluding hydrogens is 378 g/mol. The predicted octanol–water partition coefficient (Wildman–Crippen LogP) is 4.17. The highest BCUT2D eigenvalue weighted by Gasteiger charge is 2.33. The van der Waals surface area contributed by atoms with Gasteiger partial charge in [-0.1, -0.05) is 11.6 Å². The van der Waals surface area contributed by atoms with Gasteiger partial charge in [0.2, 0.25) is 5.78 Å². The molecule has 6 nitrogen and oxygen atoms in total. The second kappa shape index (κ2) is 7.09. The van der Waals surface area contributed by atoms with Crippen LogP contribution in [-0.2, 0) is 7.05 Å². The van der Waals surface area contributed by atoms with Crippen LogP contribution in [0.5, 0.6) is 0 Å². The van der Waals surface area contributed by atoms with Gasteiger partial charge in [0.15, 0.2) is 17.2 Å². The van der Waals surface area contributed by atoms with Crippen molar-refractivity contribution in [2.75, 3.05) is 13.1 Å². The van der Waals surface area contributed by atoms with Gasteiger partial charge in [-0.2, -0.15) is 0 Å². The van der Waals surface area contributed by atoms with Gasteiger partial charge in [0, 0.05) is 49.4 Å². The van der Waals surface area contributed by atoms with Crippen LogP contribution in [0, 0.1) is 19.8 Å². The number of carbonyl (C=O) groups excluding carboxylic acids is 2. The van der Waals surface area contributed by atoms with Gasteiger partial charge in [-0.3, -0.25) is 9.59 Å². The molecule has 0 N–H and O–H groups in total. The Bertz CT molecular complexity index is 1080. The predicted molar refractivity (Wildman–Crippen MR) is 107 cm³/mol. The Labute approximate surface area is 168 Å². The average molecular weight is 400 g/mol. The third-order valence-electron chi connectivity index (χ3n) is 5.45. The monoisotopic (exact) mass is 399 g/mol. The fourth-order valence-electron chi connectivity index (χ4n) is 3.92. The number of imidazole rings is 1. The summed E-state index contributed by atoms with van der Waals surface area (Å²) in [6.45, 7) is 4.80. The summed E-state index contributed by atoms with van der Waals surface area (Å²) < 4.78 is 7.58. The molecule has 1 aliphatic heterocycles. The number of hydrogen-bond donors (Lipinski definition) is 0. The third kappa shape index (κ3) is 3.11. The zero-order valence-electron chi connectivity index (χ0n) is 16.2. The fraction of sp³-hybridized carbons (Fsp3) is 0.381. The zero-order valence-corrected chi connectivity index (χ0v) is 16.9. The molecule has 0 aliphatic carbocycles. The number of carbonyl (C=O) groups is 2. The van der Waals surface area contributed by atoms with Crippen LogP contribution in [0.3, 0.4) is 0 Å². The van der Waals surface area contributed by atoms with E-state index >= 15 is 0 Å². The van der Waals surface area contributed by atoms with E-state index in [2.05, 4.69) is 4.98 Å². The van der Waals surface area contributed by atoms with E-state index in [1.165, 1.54) is 0 Å². The number of ketones is 1. The van der Waals surface area contributed by atoms with E-state index in [1.54, 1.807) is 28.9 Å². The molecule has 2 aromatic heterocycles. The lowest BCUT2D eigenvalue weighted by Gasteiger charge is -2.31. The van der Waals surface area contributed by atoms with Crippen molar-refractivity contribution in [3.8, 4) is 0 Å². The van der Waals surface area contributed by atoms with E-state index in [0.717, 1.165) is 29.4 Å². The molecule has 1 atom stereocenters. The molecule has 4 rings (SSSR count). The number of benzene rings is 1. The summed E-state index contributed by atoms with van der Waals surface area (Å²) in [5, 5.41) is 1.35. The van der Waals surface area contributed by atoms with Gasteiger partial charge < -0.3 is 13.9 Å². The molecule has 7 heteroatoms. The van der Waals surface area contributed by atoms with Crippen molar-refractivity contribution in [1.29, 1.82) is 0 Å². The quantitative estimate of drug-likeness (QED) is 0.620. The van der Waals surface area contributed by atoms with Gasteiger partial charge in [0.1, 0.15) is 0 Å². The summed E-state index contributed by atoms with van der Waals surface area (Å²) in [6, 6.07) is 3.80. The van der Waals surface area contributed by atoms with Gasteiger partial charge in [0.25, 0.3) is 5.91 Å². The van der Waals surface area contributed by atoms with Crippen molar-refractivity contribution in [2.45, 2.75) is 26.7 Å². The minimum atomic E-state index is -0.255. The number of rotatable bonds is 3. The second-order valence-corrected chi connectivity index (χ2v) is 7.90. The van der Waals surface area contributed by atoms with Crippen molar-refractivity contribution >= 4 is 34.3 Å². The largest absolute Gasteiger partial charge is 0.449 e. The van der Waals surface area contributed by atoms with E-state index in [4.69, 9.17) is 16.0 Å². The molecule has 1 aliphatic rings. The number of hydrogen-bond acceptors (Lipinski definition) is 4. The maximum Gasteiger partial charge on any atom is 0.289 e. The van der Waals surface area contributed by atoms with E-state index in [0.29, 0.717) is 35.3 Å². The van der Waals surface area contributed by atoms with Crippen molar-refractivity contribution in [3.05, 3.63) is 52.3 Å². The molecular formula is C21H22ClN3O3. The number of halogens is 1. The van der Waals surface area contributed by atoms with Crippen LogP contribution in [0.15, 0.2) is 28.9 Å². The summed E-state index contributed by atoms with van der Waals surface area (Å²) in [5.41, 5.74) is 2.33. The van der Waals surface area contributed by atoms with Gasteiger partial charge in [0.05, 0.1) is 5.02 Å². The minimum absolute atomic E-state index is 0.0232. The summed E-state index contributed by atoms with van der Waals surface area (Å²) in [5.74, 6) is 0.258. The molecule has 0 saturated carbocycles. The zero-order chi connectivity index (χ0) is 20.0. The number of nitrogens with zero attached hydrogens (tertiary/aromatic N) is 3. The highest BCUT2D eigenvalue weighted by Crippen LogP contribution is 2.33. The smallest absolute Gasteiger partial charge is 0.289 e. The summed E-state index contributed by atoms with van der Waals surface area (Å²) in [6.07, 6.45) is 4.89. The Kier molecular flexibility index (Phi) is 4.75. The highest BCUT2D eigenvalue weighted by atomic mass is 35.5. The molecule has 0 radical (unpaired) electrons. The normalized spacial score (nSPS) is 17.3. The number of aromatic nitrogens is 2. The van der Waals surface area contributed by atoms with Gasteiger partial charge >= 0.3 is 0 Å². The first-order valence-electron chi connectivity index (χ1n) is 9.37. The lowest BCUT2D eigenvalue weighted by Crippen LogP contribution is -2.42. The van der Waals surface area contributed by atoms with E-state index in [1.807, 2.05) is 26.0 Å². The first-order valence-corrected chi connectivity index (χ1v) is 9.74. The van der Waals surface area contributed by atoms with Crippen LogP contribution >= 0.6 is 11.6 Å². The fourth-order valence-corrected chi connectivity index (χ4v) is 4.23. The minimum Gasteiger partial charge on any atom is -0.449 e. The maximum absolute atomic E-state index is 13.2. The van der Waals surface area contributed by atoms with E-state index < -0.39 is 0 Å². The number of fused-ring (bicyclic) bond motifs is 1. The van der Waals surface area contributed by atoms with Crippen LogP contribution in [0.4, 0.5) is 0 Å². The van der Waals surface area contributed by atoms with Crippen molar-refractivity contribution in [2.24, 2.45) is 13.0 Å². The lowest BCUT2D eigenvalue weighted by atomic mass is 9.93. The van der Waals surface area contributed by atoms with Crippen LogP contribution in [0.25, 0.3) is 11.0 Å². The molecule has 0 unspecified atom stereocenters. The summed E-state index contributed by atoms with van der Waals surface area (Å²) in [7, 11) is 1.80. The van der Waals surface area contributed by atoms with Crippen LogP contribution in [-0.4, -0.2) is 39.2 Å². The summed E-state index contributed by atoms with van der Waals surface area (Å²) >= 11 is 6.30. The number of piperidine rings is 1. The summed E-state index contributed by atoms with van der Waals surface area (Å²) in [4.78, 5) is 31.8. The average Bonchev–Trinajstić information content (AvgIpc) is 3.25. The van der Waals surface area contributed by atoms with Crippen LogP contribution in [0.2, 0.25) is 5.02 Å². The topological polar surface area (TPSA) is 68.3 Å². The first kappa shape index (κ1) is 18.7. The second-order valence-electron chi connectivity index (χ2n) is 7.50. The maximum atomic E-state index is 13.2. The van der Waals surface area contributed by atoms with Crippen molar-refractivity contribution in [3.63, 3.8) is 0 Å². The number of likely N-dealkylation sites (tertiary alicyclic amines) is 1. The SMILES string of the molecule is Cc1cc(Cl)c2oc(C(=O)N3CCC[C@H](C(=O)c4nccn4C)C3)c(C)c2c1. The standard InChI is InChI=1S/C21H22ClN3O3/c1-12-9-15-13(2)18(28-19(15)16(22)10-12)21(27)25-7-4-5-14(11-25)17(26)20-23-6-8-24(20)3/h6,8-10,14H,4-5,7,11H2,1-3H3/t14-/m0/s1. The van der Waals surface area contributed by atoms with E-state index in [-0.39, 0.29) is 17.6 Å². The third-order valence-corrected chi connectivity index (χ3v) is 5.73. The highest BCUT2D eigenvalue weighted by molar-refractivity contribution is 6.35. The molecule has 3 heterocycles. The van der Waals surface area contributed by atoms with Gasteiger partial charge in [-0.05, 0) is 44.4 Å². The molecule has 1 saturated heterocycles. The van der Waals surface area contributed by atoms with Gasteiger partial charge in [-0.25, -0.2) is 4.98 Å². The Balaban J connectivity index is 1.61. The molecule has 1 amide bonds. The molecule has 28 heavy (non-hydrogen) atoms.